The summed E-state index contributed by atoms with van der Waals surface area (Å²) >= 11 is 6.18. The van der Waals surface area contributed by atoms with Gasteiger partial charge < -0.3 is 14.5 Å². The van der Waals surface area contributed by atoms with Crippen LogP contribution in [-0.4, -0.2) is 18.8 Å². The zero-order valence-corrected chi connectivity index (χ0v) is 17.3. The molecule has 5 nitrogen and oxygen atoms in total. The average molecular weight is 432 g/mol. The normalized spacial score (nSPS) is 11.0. The van der Waals surface area contributed by atoms with E-state index in [2.05, 4.69) is 5.32 Å². The van der Waals surface area contributed by atoms with Crippen molar-refractivity contribution in [2.45, 2.75) is 0 Å². The first kappa shape index (κ1) is 20.4. The van der Waals surface area contributed by atoms with E-state index in [9.17, 15) is 9.59 Å². The summed E-state index contributed by atoms with van der Waals surface area (Å²) in [5.74, 6) is -0.286. The molecule has 4 rings (SSSR count). The molecule has 154 valence electrons. The Hall–Kier alpha value is -3.83. The van der Waals surface area contributed by atoms with Crippen molar-refractivity contribution in [2.24, 2.45) is 0 Å². The molecule has 3 aromatic carbocycles. The molecule has 0 saturated heterocycles. The van der Waals surface area contributed by atoms with Crippen molar-refractivity contribution in [3.05, 3.63) is 101 Å². The molecule has 0 aliphatic rings. The number of methoxy groups -OCH3 is 1. The van der Waals surface area contributed by atoms with Gasteiger partial charge in [-0.2, -0.15) is 0 Å². The number of ether oxygens (including phenoxy) is 1. The van der Waals surface area contributed by atoms with Gasteiger partial charge in [0, 0.05) is 17.0 Å². The fourth-order valence-electron chi connectivity index (χ4n) is 3.17. The van der Waals surface area contributed by atoms with E-state index < -0.39 is 5.78 Å². The number of halogens is 1. The van der Waals surface area contributed by atoms with Crippen molar-refractivity contribution in [3.8, 4) is 5.75 Å². The van der Waals surface area contributed by atoms with Gasteiger partial charge in [0.2, 0.25) is 11.7 Å². The Balaban J connectivity index is 1.69. The molecule has 1 amide bonds. The van der Waals surface area contributed by atoms with Crippen molar-refractivity contribution in [1.29, 1.82) is 0 Å². The lowest BCUT2D eigenvalue weighted by Gasteiger charge is -2.06. The molecule has 1 N–H and O–H groups in total. The first-order valence-electron chi connectivity index (χ1n) is 9.50. The maximum Gasteiger partial charge on any atom is 0.248 e. The van der Waals surface area contributed by atoms with Gasteiger partial charge in [0.05, 0.1) is 17.8 Å². The first-order valence-corrected chi connectivity index (χ1v) is 9.88. The lowest BCUT2D eigenvalue weighted by molar-refractivity contribution is -0.111. The molecule has 6 heteroatoms. The molecule has 0 spiro atoms. The standard InChI is InChI=1S/C25H18ClNO4/c1-30-21-13-12-17(15-19(21)26)24(29)25-23(18-9-5-6-10-20(18)31-25)27-22(28)14-11-16-7-3-2-4-8-16/h2-15H,1H3,(H,27,28)/b14-11-. The summed E-state index contributed by atoms with van der Waals surface area (Å²) in [5, 5.41) is 3.73. The first-order chi connectivity index (χ1) is 15.1. The Morgan fingerprint density at radius 1 is 1.00 bits per heavy atom. The third-order valence-corrected chi connectivity index (χ3v) is 4.99. The molecule has 0 aliphatic carbocycles. The van der Waals surface area contributed by atoms with E-state index in [0.29, 0.717) is 33.0 Å². The van der Waals surface area contributed by atoms with Gasteiger partial charge in [-0.1, -0.05) is 54.1 Å². The molecular weight excluding hydrogens is 414 g/mol. The van der Waals surface area contributed by atoms with Crippen molar-refractivity contribution in [3.63, 3.8) is 0 Å². The molecule has 1 aromatic heterocycles. The highest BCUT2D eigenvalue weighted by atomic mass is 35.5. The van der Waals surface area contributed by atoms with Crippen LogP contribution in [0, 0.1) is 0 Å². The predicted molar refractivity (Wildman–Crippen MR) is 122 cm³/mol. The van der Waals surface area contributed by atoms with E-state index >= 15 is 0 Å². The van der Waals surface area contributed by atoms with E-state index in [1.165, 1.54) is 19.3 Å². The van der Waals surface area contributed by atoms with Crippen LogP contribution in [0.15, 0.2) is 83.3 Å². The second kappa shape index (κ2) is 8.90. The Kier molecular flexibility index (Phi) is 5.87. The number of nitrogens with one attached hydrogen (secondary N) is 1. The van der Waals surface area contributed by atoms with Gasteiger partial charge in [0.15, 0.2) is 5.76 Å². The van der Waals surface area contributed by atoms with Crippen molar-refractivity contribution < 1.29 is 18.7 Å². The van der Waals surface area contributed by atoms with E-state index in [-0.39, 0.29) is 11.7 Å². The Bertz CT molecular complexity index is 1290. The van der Waals surface area contributed by atoms with Crippen LogP contribution >= 0.6 is 11.6 Å². The smallest absolute Gasteiger partial charge is 0.248 e. The number of hydrogen-bond acceptors (Lipinski definition) is 4. The topological polar surface area (TPSA) is 68.5 Å². The molecule has 0 saturated carbocycles. The highest BCUT2D eigenvalue weighted by Gasteiger charge is 2.23. The SMILES string of the molecule is COc1ccc(C(=O)c2oc3ccccc3c2NC(=O)/C=C\c2ccccc2)cc1Cl. The van der Waals surface area contributed by atoms with Crippen LogP contribution in [0.25, 0.3) is 17.0 Å². The number of benzene rings is 3. The largest absolute Gasteiger partial charge is 0.495 e. The second-order valence-corrected chi connectivity index (χ2v) is 7.12. The molecule has 0 radical (unpaired) electrons. The summed E-state index contributed by atoms with van der Waals surface area (Å²) in [6, 6.07) is 21.3. The summed E-state index contributed by atoms with van der Waals surface area (Å²) in [6.07, 6.45) is 3.11. The summed E-state index contributed by atoms with van der Waals surface area (Å²) < 4.78 is 11.0. The lowest BCUT2D eigenvalue weighted by Crippen LogP contribution is -2.11. The van der Waals surface area contributed by atoms with Crippen molar-refractivity contribution >= 4 is 46.0 Å². The predicted octanol–water partition coefficient (Wildman–Crippen LogP) is 5.98. The molecule has 0 unspecified atom stereocenters. The average Bonchev–Trinajstić information content (AvgIpc) is 3.16. The van der Waals surface area contributed by atoms with E-state index in [1.54, 1.807) is 36.4 Å². The van der Waals surface area contributed by atoms with E-state index in [1.807, 2.05) is 36.4 Å². The van der Waals surface area contributed by atoms with Gasteiger partial charge in [-0.3, -0.25) is 9.59 Å². The third kappa shape index (κ3) is 4.37. The molecule has 4 aromatic rings. The summed E-state index contributed by atoms with van der Waals surface area (Å²) in [6.45, 7) is 0. The molecular formula is C25H18ClNO4. The van der Waals surface area contributed by atoms with Crippen LogP contribution in [0.2, 0.25) is 5.02 Å². The minimum absolute atomic E-state index is 0.0314. The molecule has 1 heterocycles. The minimum Gasteiger partial charge on any atom is -0.495 e. The number of anilines is 1. The van der Waals surface area contributed by atoms with Crippen LogP contribution in [0.4, 0.5) is 5.69 Å². The van der Waals surface area contributed by atoms with Gasteiger partial charge in [0.1, 0.15) is 11.3 Å². The van der Waals surface area contributed by atoms with Gasteiger partial charge in [-0.15, -0.1) is 0 Å². The van der Waals surface area contributed by atoms with E-state index in [0.717, 1.165) is 5.56 Å². The molecule has 0 aliphatic heterocycles. The quantitative estimate of drug-likeness (QED) is 0.301. The van der Waals surface area contributed by atoms with Gasteiger partial charge in [-0.25, -0.2) is 0 Å². The maximum absolute atomic E-state index is 13.2. The fraction of sp³-hybridized carbons (Fsp3) is 0.0400. The van der Waals surface area contributed by atoms with Crippen molar-refractivity contribution in [2.75, 3.05) is 12.4 Å². The second-order valence-electron chi connectivity index (χ2n) is 6.71. The van der Waals surface area contributed by atoms with Gasteiger partial charge in [-0.05, 0) is 42.0 Å². The summed E-state index contributed by atoms with van der Waals surface area (Å²) in [5.41, 5.74) is 2.02. The van der Waals surface area contributed by atoms with Crippen LogP contribution in [0.3, 0.4) is 0 Å². The van der Waals surface area contributed by atoms with Crippen LogP contribution < -0.4 is 10.1 Å². The number of fused-ring (bicyclic) bond motifs is 1. The molecule has 31 heavy (non-hydrogen) atoms. The maximum atomic E-state index is 13.2. The highest BCUT2D eigenvalue weighted by molar-refractivity contribution is 6.32. The molecule has 0 fully saturated rings. The lowest BCUT2D eigenvalue weighted by atomic mass is 10.1. The summed E-state index contributed by atoms with van der Waals surface area (Å²) in [7, 11) is 1.50. The highest BCUT2D eigenvalue weighted by Crippen LogP contribution is 2.34. The Morgan fingerprint density at radius 3 is 2.48 bits per heavy atom. The molecule has 0 atom stereocenters. The number of hydrogen-bond donors (Lipinski definition) is 1. The van der Waals surface area contributed by atoms with Crippen LogP contribution in [0.1, 0.15) is 21.7 Å². The monoisotopic (exact) mass is 431 g/mol. The number of para-hydroxylation sites is 1. The number of carbonyl (C=O) groups is 2. The van der Waals surface area contributed by atoms with Crippen LogP contribution in [-0.2, 0) is 4.79 Å². The number of furan rings is 1. The summed E-state index contributed by atoms with van der Waals surface area (Å²) in [4.78, 5) is 25.8. The third-order valence-electron chi connectivity index (χ3n) is 4.69. The van der Waals surface area contributed by atoms with Crippen LogP contribution in [0.5, 0.6) is 5.75 Å². The minimum atomic E-state index is -0.400. The number of carbonyl (C=O) groups excluding carboxylic acids is 2. The van der Waals surface area contributed by atoms with E-state index in [4.69, 9.17) is 20.8 Å². The van der Waals surface area contributed by atoms with Gasteiger partial charge in [0.25, 0.3) is 0 Å². The van der Waals surface area contributed by atoms with Gasteiger partial charge >= 0.3 is 0 Å². The fourth-order valence-corrected chi connectivity index (χ4v) is 3.43. The Morgan fingerprint density at radius 2 is 1.74 bits per heavy atom. The number of amides is 1. The number of ketones is 1. The zero-order chi connectivity index (χ0) is 21.8. The number of rotatable bonds is 6. The molecule has 0 bridgehead atoms. The Labute approximate surface area is 183 Å². The zero-order valence-electron chi connectivity index (χ0n) is 16.6. The van der Waals surface area contributed by atoms with Crippen molar-refractivity contribution in [1.82, 2.24) is 0 Å².